The van der Waals surface area contributed by atoms with Gasteiger partial charge in [0.2, 0.25) is 6.10 Å². The van der Waals surface area contributed by atoms with Gasteiger partial charge in [0, 0.05) is 12.1 Å². The number of benzene rings is 1. The molecule has 1 atom stereocenters. The molecule has 7 nitrogen and oxygen atoms in total. The molecule has 0 aliphatic carbocycles. The number of amides is 1. The highest BCUT2D eigenvalue weighted by molar-refractivity contribution is 7.18. The summed E-state index contributed by atoms with van der Waals surface area (Å²) in [5, 5.41) is 11.0. The van der Waals surface area contributed by atoms with Gasteiger partial charge < -0.3 is 10.2 Å². The third kappa shape index (κ3) is 3.61. The largest absolute Gasteiger partial charge is 0.382 e. The summed E-state index contributed by atoms with van der Waals surface area (Å²) in [4.78, 5) is 22.8. The molecule has 0 radical (unpaired) electrons. The topological polar surface area (TPSA) is 81.4 Å². The Labute approximate surface area is 158 Å². The molecule has 1 aromatic carbocycles. The maximum absolute atomic E-state index is 12.6. The Hall–Kier alpha value is -2.71. The lowest BCUT2D eigenvalue weighted by molar-refractivity contribution is -0.125. The van der Waals surface area contributed by atoms with Crippen molar-refractivity contribution in [2.24, 2.45) is 5.16 Å². The number of halogens is 1. The average Bonchev–Trinajstić information content (AvgIpc) is 3.37. The Balaban J connectivity index is 1.43. The van der Waals surface area contributed by atoms with Crippen molar-refractivity contribution in [3.05, 3.63) is 63.8 Å². The summed E-state index contributed by atoms with van der Waals surface area (Å²) < 4.78 is 2.37. The van der Waals surface area contributed by atoms with Gasteiger partial charge in [-0.15, -0.1) is 11.3 Å². The van der Waals surface area contributed by atoms with Gasteiger partial charge in [-0.1, -0.05) is 35.0 Å². The van der Waals surface area contributed by atoms with Gasteiger partial charge in [-0.25, -0.2) is 9.67 Å². The second-order valence-corrected chi connectivity index (χ2v) is 7.39. The van der Waals surface area contributed by atoms with Crippen LogP contribution in [0.25, 0.3) is 0 Å². The fourth-order valence-electron chi connectivity index (χ4n) is 2.62. The number of oxime groups is 1. The van der Waals surface area contributed by atoms with Crippen LogP contribution in [0, 0.1) is 0 Å². The SMILES string of the molecule is O=C(Nc1ccccc1Cn1cncn1)C1CC(c2ccc(Cl)s2)=NO1. The van der Waals surface area contributed by atoms with Gasteiger partial charge in [0.25, 0.3) is 5.91 Å². The van der Waals surface area contributed by atoms with Crippen molar-refractivity contribution in [3.63, 3.8) is 0 Å². The van der Waals surface area contributed by atoms with Gasteiger partial charge in [0.1, 0.15) is 18.4 Å². The minimum absolute atomic E-state index is 0.238. The van der Waals surface area contributed by atoms with Gasteiger partial charge in [0.15, 0.2) is 0 Å². The molecule has 132 valence electrons. The lowest BCUT2D eigenvalue weighted by Crippen LogP contribution is -2.28. The number of carbonyl (C=O) groups is 1. The third-order valence-electron chi connectivity index (χ3n) is 3.89. The molecule has 2 aromatic heterocycles. The Bertz CT molecular complexity index is 954. The van der Waals surface area contributed by atoms with Crippen LogP contribution in [-0.4, -0.2) is 32.5 Å². The first-order valence-electron chi connectivity index (χ1n) is 7.88. The highest BCUT2D eigenvalue weighted by Crippen LogP contribution is 2.27. The van der Waals surface area contributed by atoms with E-state index in [9.17, 15) is 4.79 Å². The smallest absolute Gasteiger partial charge is 0.268 e. The maximum atomic E-state index is 12.6. The molecule has 1 N–H and O–H groups in total. The Kier molecular flexibility index (Phi) is 4.68. The molecule has 0 saturated carbocycles. The van der Waals surface area contributed by atoms with Crippen LogP contribution in [0.2, 0.25) is 4.34 Å². The molecule has 1 aliphatic heterocycles. The molecular weight excluding hydrogens is 374 g/mol. The zero-order chi connectivity index (χ0) is 17.9. The first-order chi connectivity index (χ1) is 12.7. The van der Waals surface area contributed by atoms with Gasteiger partial charge in [-0.05, 0) is 23.8 Å². The van der Waals surface area contributed by atoms with E-state index in [1.165, 1.54) is 17.7 Å². The van der Waals surface area contributed by atoms with E-state index >= 15 is 0 Å². The summed E-state index contributed by atoms with van der Waals surface area (Å²) >= 11 is 7.37. The number of hydrogen-bond acceptors (Lipinski definition) is 6. The van der Waals surface area contributed by atoms with Gasteiger partial charge in [0.05, 0.1) is 15.8 Å². The van der Waals surface area contributed by atoms with Crippen molar-refractivity contribution in [3.8, 4) is 0 Å². The molecule has 1 aliphatic rings. The van der Waals surface area contributed by atoms with Gasteiger partial charge in [-0.3, -0.25) is 4.79 Å². The van der Waals surface area contributed by atoms with Crippen LogP contribution >= 0.6 is 22.9 Å². The fourth-order valence-corrected chi connectivity index (χ4v) is 3.65. The summed E-state index contributed by atoms with van der Waals surface area (Å²) in [5.74, 6) is -0.238. The second kappa shape index (κ2) is 7.27. The molecule has 1 unspecified atom stereocenters. The highest BCUT2D eigenvalue weighted by Gasteiger charge is 2.30. The summed E-state index contributed by atoms with van der Waals surface area (Å²) in [6, 6.07) is 11.2. The normalized spacial score (nSPS) is 16.2. The van der Waals surface area contributed by atoms with Crippen LogP contribution in [0.5, 0.6) is 0 Å². The first kappa shape index (κ1) is 16.7. The van der Waals surface area contributed by atoms with E-state index in [0.29, 0.717) is 23.0 Å². The minimum Gasteiger partial charge on any atom is -0.382 e. The number of rotatable bonds is 5. The molecule has 0 fully saturated rings. The number of thiophene rings is 1. The summed E-state index contributed by atoms with van der Waals surface area (Å²) in [6.07, 6.45) is 2.85. The van der Waals surface area contributed by atoms with E-state index in [0.717, 1.165) is 16.2 Å². The van der Waals surface area contributed by atoms with Crippen LogP contribution < -0.4 is 5.32 Å². The van der Waals surface area contributed by atoms with E-state index in [1.807, 2.05) is 30.3 Å². The van der Waals surface area contributed by atoms with Crippen molar-refractivity contribution in [2.45, 2.75) is 19.1 Å². The lowest BCUT2D eigenvalue weighted by atomic mass is 10.1. The number of hydrogen-bond donors (Lipinski definition) is 1. The maximum Gasteiger partial charge on any atom is 0.268 e. The molecule has 0 bridgehead atoms. The molecule has 0 saturated heterocycles. The number of nitrogens with zero attached hydrogens (tertiary/aromatic N) is 4. The van der Waals surface area contributed by atoms with E-state index in [-0.39, 0.29) is 5.91 Å². The number of para-hydroxylation sites is 1. The summed E-state index contributed by atoms with van der Waals surface area (Å²) in [5.41, 5.74) is 2.37. The summed E-state index contributed by atoms with van der Waals surface area (Å²) in [7, 11) is 0. The van der Waals surface area contributed by atoms with Crippen LogP contribution in [0.3, 0.4) is 0 Å². The number of anilines is 1. The Morgan fingerprint density at radius 2 is 2.23 bits per heavy atom. The van der Waals surface area contributed by atoms with Crippen LogP contribution in [-0.2, 0) is 16.2 Å². The minimum atomic E-state index is -0.662. The predicted octanol–water partition coefficient (Wildman–Crippen LogP) is 3.17. The number of nitrogens with one attached hydrogen (secondary N) is 1. The molecule has 4 rings (SSSR count). The predicted molar refractivity (Wildman–Crippen MR) is 99.6 cm³/mol. The van der Waals surface area contributed by atoms with Crippen molar-refractivity contribution in [1.82, 2.24) is 14.8 Å². The van der Waals surface area contributed by atoms with E-state index in [4.69, 9.17) is 16.4 Å². The van der Waals surface area contributed by atoms with E-state index in [1.54, 1.807) is 17.1 Å². The van der Waals surface area contributed by atoms with Crippen molar-refractivity contribution < 1.29 is 9.63 Å². The lowest BCUT2D eigenvalue weighted by Gasteiger charge is -2.13. The average molecular weight is 388 g/mol. The second-order valence-electron chi connectivity index (χ2n) is 5.68. The van der Waals surface area contributed by atoms with Gasteiger partial charge >= 0.3 is 0 Å². The van der Waals surface area contributed by atoms with Crippen LogP contribution in [0.1, 0.15) is 16.9 Å². The zero-order valence-corrected chi connectivity index (χ0v) is 15.1. The van der Waals surface area contributed by atoms with Crippen molar-refractivity contribution >= 4 is 40.2 Å². The molecule has 9 heteroatoms. The van der Waals surface area contributed by atoms with Crippen molar-refractivity contribution in [1.29, 1.82) is 0 Å². The van der Waals surface area contributed by atoms with Gasteiger partial charge in [-0.2, -0.15) is 5.10 Å². The monoisotopic (exact) mass is 387 g/mol. The molecule has 1 amide bonds. The molecule has 0 spiro atoms. The quantitative estimate of drug-likeness (QED) is 0.729. The molecule has 26 heavy (non-hydrogen) atoms. The van der Waals surface area contributed by atoms with Crippen LogP contribution in [0.4, 0.5) is 5.69 Å². The first-order valence-corrected chi connectivity index (χ1v) is 9.08. The molecule has 3 aromatic rings. The summed E-state index contributed by atoms with van der Waals surface area (Å²) in [6.45, 7) is 0.511. The fraction of sp³-hybridized carbons (Fsp3) is 0.176. The molecular formula is C17H14ClN5O2S. The van der Waals surface area contributed by atoms with Crippen molar-refractivity contribution in [2.75, 3.05) is 5.32 Å². The Morgan fingerprint density at radius 1 is 1.35 bits per heavy atom. The van der Waals surface area contributed by atoms with E-state index < -0.39 is 6.10 Å². The molecule has 3 heterocycles. The van der Waals surface area contributed by atoms with Crippen LogP contribution in [0.15, 0.2) is 54.2 Å². The number of aromatic nitrogens is 3. The van der Waals surface area contributed by atoms with E-state index in [2.05, 4.69) is 20.6 Å². The Morgan fingerprint density at radius 3 is 3.00 bits per heavy atom. The number of carbonyl (C=O) groups excluding carboxylic acids is 1. The highest BCUT2D eigenvalue weighted by atomic mass is 35.5. The zero-order valence-electron chi connectivity index (χ0n) is 13.5. The third-order valence-corrected chi connectivity index (χ3v) is 5.17. The standard InChI is InChI=1S/C17H14ClN5O2S/c18-16-6-5-15(26-16)13-7-14(25-22-13)17(24)21-12-4-2-1-3-11(12)8-23-10-19-9-20-23/h1-6,9-10,14H,7-8H2,(H,21,24).